The molecule has 0 aliphatic heterocycles. The number of unbranched alkanes of at least 4 members (excludes halogenated alkanes) is 11. The third-order valence-corrected chi connectivity index (χ3v) is 4.80. The molecular weight excluding hydrogens is 369 g/mol. The lowest BCUT2D eigenvalue weighted by Crippen LogP contribution is -2.26. The molecule has 0 radical (unpaired) electrons. The van der Waals surface area contributed by atoms with E-state index in [0.29, 0.717) is 0 Å². The van der Waals surface area contributed by atoms with Gasteiger partial charge in [-0.3, -0.25) is 4.52 Å². The molecule has 158 valence electrons. The van der Waals surface area contributed by atoms with E-state index in [-0.39, 0.29) is 0 Å². The van der Waals surface area contributed by atoms with Crippen molar-refractivity contribution in [2.45, 2.75) is 96.1 Å². The Morgan fingerprint density at radius 2 is 1.56 bits per heavy atom. The number of aliphatic hydroxyl groups excluding tert-OH is 1. The normalized spacial score (nSPS) is 14.2. The Kier molecular flexibility index (Phi) is 16.7. The molecule has 0 saturated heterocycles. The second kappa shape index (κ2) is 17.2. The van der Waals surface area contributed by atoms with E-state index >= 15 is 0 Å². The van der Waals surface area contributed by atoms with Crippen LogP contribution in [-0.2, 0) is 9.09 Å². The van der Waals surface area contributed by atoms with Gasteiger partial charge in [0.05, 0.1) is 18.8 Å². The second-order valence-electron chi connectivity index (χ2n) is 6.80. The summed E-state index contributed by atoms with van der Waals surface area (Å²) in [7, 11) is -4.66. The SMILES string of the molecule is CCCCCCCCCCCCC/C=C/C(O)C(COP(=O)(O)O)N=[N+]=[N-]. The summed E-state index contributed by atoms with van der Waals surface area (Å²) >= 11 is 0. The molecule has 0 aromatic rings. The van der Waals surface area contributed by atoms with Gasteiger partial charge in [-0.05, 0) is 18.4 Å². The Morgan fingerprint density at radius 3 is 2.04 bits per heavy atom. The van der Waals surface area contributed by atoms with Gasteiger partial charge in [0.2, 0.25) is 0 Å². The fraction of sp³-hybridized carbons (Fsp3) is 0.889. The standard InChI is InChI=1S/C18H36N3O5P/c1-2-3-4-5-6-7-8-9-10-11-12-13-14-15-18(22)17(20-21-19)16-26-27(23,24)25/h14-15,17-18,22H,2-13,16H2,1H3,(H2,23,24,25)/b15-14+. The predicted octanol–water partition coefficient (Wildman–Crippen LogP) is 5.39. The minimum absolute atomic E-state index is 0.543. The van der Waals surface area contributed by atoms with E-state index in [1.807, 2.05) is 0 Å². The highest BCUT2D eigenvalue weighted by Gasteiger charge is 2.21. The van der Waals surface area contributed by atoms with Crippen LogP contribution >= 0.6 is 7.82 Å². The molecule has 0 amide bonds. The summed E-state index contributed by atoms with van der Waals surface area (Å²) in [6, 6.07) is -1.07. The number of nitrogens with zero attached hydrogens (tertiary/aromatic N) is 3. The number of phosphoric acid groups is 1. The van der Waals surface area contributed by atoms with Crippen molar-refractivity contribution in [3.63, 3.8) is 0 Å². The van der Waals surface area contributed by atoms with Crippen molar-refractivity contribution in [2.24, 2.45) is 5.11 Å². The molecule has 0 aliphatic rings. The molecule has 0 bridgehead atoms. The number of rotatable bonds is 18. The molecule has 0 saturated carbocycles. The average molecular weight is 405 g/mol. The molecular formula is C18H36N3O5P. The summed E-state index contributed by atoms with van der Waals surface area (Å²) in [5, 5.41) is 13.2. The molecule has 2 unspecified atom stereocenters. The first-order chi connectivity index (χ1) is 12.9. The fourth-order valence-electron chi connectivity index (χ4n) is 2.73. The predicted molar refractivity (Wildman–Crippen MR) is 107 cm³/mol. The first-order valence-corrected chi connectivity index (χ1v) is 11.5. The molecule has 27 heavy (non-hydrogen) atoms. The van der Waals surface area contributed by atoms with Gasteiger partial charge in [-0.1, -0.05) is 88.4 Å². The summed E-state index contributed by atoms with van der Waals surface area (Å²) in [6.45, 7) is 1.69. The summed E-state index contributed by atoms with van der Waals surface area (Å²) in [6.07, 6.45) is 16.9. The van der Waals surface area contributed by atoms with Gasteiger partial charge in [-0.2, -0.15) is 0 Å². The molecule has 0 rings (SSSR count). The highest BCUT2D eigenvalue weighted by Crippen LogP contribution is 2.36. The van der Waals surface area contributed by atoms with Gasteiger partial charge in [0.15, 0.2) is 0 Å². The van der Waals surface area contributed by atoms with E-state index in [1.54, 1.807) is 6.08 Å². The van der Waals surface area contributed by atoms with E-state index in [4.69, 9.17) is 15.3 Å². The van der Waals surface area contributed by atoms with Gasteiger partial charge in [-0.15, -0.1) is 0 Å². The number of hydrogen-bond donors (Lipinski definition) is 3. The van der Waals surface area contributed by atoms with Gasteiger partial charge in [0.1, 0.15) is 0 Å². The lowest BCUT2D eigenvalue weighted by atomic mass is 10.0. The van der Waals surface area contributed by atoms with Crippen LogP contribution in [0.2, 0.25) is 0 Å². The molecule has 0 aliphatic carbocycles. The highest BCUT2D eigenvalue weighted by atomic mass is 31.2. The molecule has 0 spiro atoms. The monoisotopic (exact) mass is 405 g/mol. The van der Waals surface area contributed by atoms with Gasteiger partial charge in [0, 0.05) is 4.91 Å². The Morgan fingerprint density at radius 1 is 1.04 bits per heavy atom. The zero-order valence-electron chi connectivity index (χ0n) is 16.4. The number of aliphatic hydroxyl groups is 1. The summed E-state index contributed by atoms with van der Waals surface area (Å²) in [5.74, 6) is 0. The number of phosphoric ester groups is 1. The molecule has 0 heterocycles. The number of azide groups is 1. The maximum absolute atomic E-state index is 10.7. The molecule has 0 fully saturated rings. The van der Waals surface area contributed by atoms with Crippen molar-refractivity contribution < 1.29 is 24.0 Å². The largest absolute Gasteiger partial charge is 0.469 e. The Bertz CT molecular complexity index is 478. The van der Waals surface area contributed by atoms with Crippen molar-refractivity contribution >= 4 is 7.82 Å². The zero-order chi connectivity index (χ0) is 20.4. The summed E-state index contributed by atoms with van der Waals surface area (Å²) in [4.78, 5) is 19.9. The summed E-state index contributed by atoms with van der Waals surface area (Å²) < 4.78 is 15.0. The second-order valence-corrected chi connectivity index (χ2v) is 8.04. The van der Waals surface area contributed by atoms with Gasteiger partial charge in [-0.25, -0.2) is 4.57 Å². The van der Waals surface area contributed by atoms with E-state index in [9.17, 15) is 9.67 Å². The van der Waals surface area contributed by atoms with Crippen molar-refractivity contribution in [2.75, 3.05) is 6.61 Å². The smallest absolute Gasteiger partial charge is 0.389 e. The number of hydrogen-bond acceptors (Lipinski definition) is 4. The molecule has 0 aromatic heterocycles. The van der Waals surface area contributed by atoms with Crippen molar-refractivity contribution in [1.82, 2.24) is 0 Å². The third kappa shape index (κ3) is 18.3. The quantitative estimate of drug-likeness (QED) is 0.0701. The third-order valence-electron chi connectivity index (χ3n) is 4.32. The molecule has 3 N–H and O–H groups in total. The van der Waals surface area contributed by atoms with Crippen LogP contribution in [0.1, 0.15) is 84.0 Å². The molecule has 2 atom stereocenters. The van der Waals surface area contributed by atoms with Crippen LogP contribution in [0.3, 0.4) is 0 Å². The van der Waals surface area contributed by atoms with Crippen molar-refractivity contribution in [3.05, 3.63) is 22.6 Å². The van der Waals surface area contributed by atoms with Crippen LogP contribution in [0, 0.1) is 0 Å². The maximum atomic E-state index is 10.7. The average Bonchev–Trinajstić information content (AvgIpc) is 2.61. The van der Waals surface area contributed by atoms with E-state index in [2.05, 4.69) is 21.5 Å². The van der Waals surface area contributed by atoms with Crippen LogP contribution in [0.5, 0.6) is 0 Å². The van der Waals surface area contributed by atoms with E-state index in [0.717, 1.165) is 19.3 Å². The first-order valence-electron chi connectivity index (χ1n) is 9.99. The highest BCUT2D eigenvalue weighted by molar-refractivity contribution is 7.46. The minimum atomic E-state index is -4.66. The van der Waals surface area contributed by atoms with Gasteiger partial charge < -0.3 is 14.9 Å². The topological polar surface area (TPSA) is 136 Å². The summed E-state index contributed by atoms with van der Waals surface area (Å²) in [5.41, 5.74) is 8.47. The van der Waals surface area contributed by atoms with Gasteiger partial charge in [0.25, 0.3) is 0 Å². The Balaban J connectivity index is 3.75. The maximum Gasteiger partial charge on any atom is 0.469 e. The van der Waals surface area contributed by atoms with Crippen molar-refractivity contribution in [1.29, 1.82) is 0 Å². The lowest BCUT2D eigenvalue weighted by molar-refractivity contribution is 0.129. The minimum Gasteiger partial charge on any atom is -0.389 e. The molecule has 0 aromatic carbocycles. The van der Waals surface area contributed by atoms with Crippen LogP contribution < -0.4 is 0 Å². The van der Waals surface area contributed by atoms with E-state index < -0.39 is 26.6 Å². The van der Waals surface area contributed by atoms with Crippen LogP contribution in [0.4, 0.5) is 0 Å². The van der Waals surface area contributed by atoms with E-state index in [1.165, 1.54) is 63.9 Å². The van der Waals surface area contributed by atoms with Crippen molar-refractivity contribution in [3.8, 4) is 0 Å². The first kappa shape index (κ1) is 26.1. The number of allylic oxidation sites excluding steroid dienone is 1. The molecule has 9 heteroatoms. The van der Waals surface area contributed by atoms with Gasteiger partial charge >= 0.3 is 7.82 Å². The van der Waals surface area contributed by atoms with Crippen LogP contribution in [-0.4, -0.2) is 33.6 Å². The Labute approximate surface area is 162 Å². The van der Waals surface area contributed by atoms with Crippen LogP contribution in [0.15, 0.2) is 17.3 Å². The lowest BCUT2D eigenvalue weighted by Gasteiger charge is -2.15. The fourth-order valence-corrected chi connectivity index (χ4v) is 3.08. The zero-order valence-corrected chi connectivity index (χ0v) is 17.3. The van der Waals surface area contributed by atoms with Crippen LogP contribution in [0.25, 0.3) is 10.4 Å². The Hall–Kier alpha value is -0.880. The molecule has 8 nitrogen and oxygen atoms in total.